The lowest BCUT2D eigenvalue weighted by Gasteiger charge is -1.99. The van der Waals surface area contributed by atoms with Gasteiger partial charge < -0.3 is 4.74 Å². The third-order valence-corrected chi connectivity index (χ3v) is 3.20. The second-order valence-electron chi connectivity index (χ2n) is 2.82. The van der Waals surface area contributed by atoms with Gasteiger partial charge in [-0.05, 0) is 18.2 Å². The molecule has 0 fully saturated rings. The summed E-state index contributed by atoms with van der Waals surface area (Å²) in [7, 11) is 1.54. The Kier molecular flexibility index (Phi) is 3.02. The molecular weight excluding hydrogens is 281 g/mol. The molecule has 0 saturated heterocycles. The molecule has 0 atom stereocenters. The Balaban J connectivity index is 2.48. The van der Waals surface area contributed by atoms with Gasteiger partial charge in [0.25, 0.3) is 0 Å². The van der Waals surface area contributed by atoms with Gasteiger partial charge in [-0.25, -0.2) is 9.37 Å². The summed E-state index contributed by atoms with van der Waals surface area (Å²) in [6.45, 7) is 0. The molecule has 78 valence electrons. The van der Waals surface area contributed by atoms with Gasteiger partial charge in [0.2, 0.25) is 5.88 Å². The largest absolute Gasteiger partial charge is 0.480 e. The maximum absolute atomic E-state index is 13.5. The molecule has 0 unspecified atom stereocenters. The fourth-order valence-corrected chi connectivity index (χ4v) is 2.29. The number of ether oxygens (including phenoxy) is 1. The van der Waals surface area contributed by atoms with Crippen LogP contribution in [0.15, 0.2) is 28.1 Å². The summed E-state index contributed by atoms with van der Waals surface area (Å²) >= 11 is 4.65. The van der Waals surface area contributed by atoms with E-state index in [4.69, 9.17) is 4.74 Å². The SMILES string of the molecule is COc1csc(-c2cc(Br)ccc2F)n1. The number of aromatic nitrogens is 1. The van der Waals surface area contributed by atoms with E-state index >= 15 is 0 Å². The summed E-state index contributed by atoms with van der Waals surface area (Å²) in [4.78, 5) is 4.14. The summed E-state index contributed by atoms with van der Waals surface area (Å²) in [6.07, 6.45) is 0. The van der Waals surface area contributed by atoms with Crippen molar-refractivity contribution >= 4 is 27.3 Å². The molecule has 1 aromatic heterocycles. The average molecular weight is 288 g/mol. The minimum absolute atomic E-state index is 0.282. The molecule has 2 aromatic rings. The topological polar surface area (TPSA) is 22.1 Å². The minimum Gasteiger partial charge on any atom is -0.480 e. The molecule has 0 N–H and O–H groups in total. The molecule has 2 nitrogen and oxygen atoms in total. The first-order valence-corrected chi connectivity index (χ1v) is 5.83. The van der Waals surface area contributed by atoms with Gasteiger partial charge in [-0.15, -0.1) is 11.3 Å². The zero-order chi connectivity index (χ0) is 10.8. The van der Waals surface area contributed by atoms with Crippen molar-refractivity contribution in [2.45, 2.75) is 0 Å². The first-order chi connectivity index (χ1) is 7.20. The summed E-state index contributed by atoms with van der Waals surface area (Å²) in [5, 5.41) is 2.36. The monoisotopic (exact) mass is 287 g/mol. The number of benzene rings is 1. The first-order valence-electron chi connectivity index (χ1n) is 4.15. The fourth-order valence-electron chi connectivity index (χ4n) is 1.14. The minimum atomic E-state index is -0.282. The molecule has 1 aromatic carbocycles. The molecule has 15 heavy (non-hydrogen) atoms. The summed E-state index contributed by atoms with van der Waals surface area (Å²) < 4.78 is 19.3. The van der Waals surface area contributed by atoms with Crippen molar-refractivity contribution in [2.24, 2.45) is 0 Å². The molecule has 0 amide bonds. The lowest BCUT2D eigenvalue weighted by atomic mass is 10.2. The van der Waals surface area contributed by atoms with Crippen molar-refractivity contribution in [3.63, 3.8) is 0 Å². The van der Waals surface area contributed by atoms with Crippen LogP contribution in [0.3, 0.4) is 0 Å². The lowest BCUT2D eigenvalue weighted by molar-refractivity contribution is 0.401. The molecule has 0 spiro atoms. The summed E-state index contributed by atoms with van der Waals surface area (Å²) in [5.41, 5.74) is 0.484. The number of halogens is 2. The molecule has 5 heteroatoms. The predicted octanol–water partition coefficient (Wildman–Crippen LogP) is 3.72. The normalized spacial score (nSPS) is 10.3. The highest BCUT2D eigenvalue weighted by Gasteiger charge is 2.10. The van der Waals surface area contributed by atoms with Crippen molar-refractivity contribution in [2.75, 3.05) is 7.11 Å². The van der Waals surface area contributed by atoms with Crippen LogP contribution in [-0.4, -0.2) is 12.1 Å². The van der Waals surface area contributed by atoms with E-state index in [9.17, 15) is 4.39 Å². The Hall–Kier alpha value is -0.940. The predicted molar refractivity (Wildman–Crippen MR) is 61.8 cm³/mol. The van der Waals surface area contributed by atoms with Crippen molar-refractivity contribution in [3.05, 3.63) is 33.9 Å². The number of thiazole rings is 1. The molecule has 1 heterocycles. The third-order valence-electron chi connectivity index (χ3n) is 1.85. The molecular formula is C10H7BrFNOS. The van der Waals surface area contributed by atoms with Crippen LogP contribution in [0.25, 0.3) is 10.6 Å². The average Bonchev–Trinajstić information content (AvgIpc) is 2.70. The second-order valence-corrected chi connectivity index (χ2v) is 4.59. The van der Waals surface area contributed by atoms with Gasteiger partial charge in [0, 0.05) is 10.0 Å². The van der Waals surface area contributed by atoms with Gasteiger partial charge in [-0.3, -0.25) is 0 Å². The van der Waals surface area contributed by atoms with Crippen molar-refractivity contribution in [1.82, 2.24) is 4.98 Å². The van der Waals surface area contributed by atoms with Crippen LogP contribution >= 0.6 is 27.3 Å². The maximum Gasteiger partial charge on any atom is 0.224 e. The zero-order valence-corrected chi connectivity index (χ0v) is 10.2. The Morgan fingerprint density at radius 1 is 1.47 bits per heavy atom. The highest BCUT2D eigenvalue weighted by atomic mass is 79.9. The quantitative estimate of drug-likeness (QED) is 0.840. The fraction of sp³-hybridized carbons (Fsp3) is 0.100. The van der Waals surface area contributed by atoms with E-state index in [1.807, 2.05) is 0 Å². The van der Waals surface area contributed by atoms with E-state index in [2.05, 4.69) is 20.9 Å². The van der Waals surface area contributed by atoms with Crippen LogP contribution in [0.4, 0.5) is 4.39 Å². The van der Waals surface area contributed by atoms with E-state index in [0.29, 0.717) is 16.5 Å². The van der Waals surface area contributed by atoms with Gasteiger partial charge in [-0.1, -0.05) is 15.9 Å². The molecule has 0 bridgehead atoms. The highest BCUT2D eigenvalue weighted by molar-refractivity contribution is 9.10. The van der Waals surface area contributed by atoms with Crippen molar-refractivity contribution in [3.8, 4) is 16.5 Å². The van der Waals surface area contributed by atoms with E-state index < -0.39 is 0 Å². The standard InChI is InChI=1S/C10H7BrFNOS/c1-14-9-5-15-10(13-9)7-4-6(11)2-3-8(7)12/h2-5H,1H3. The van der Waals surface area contributed by atoms with Crippen LogP contribution < -0.4 is 4.74 Å². The van der Waals surface area contributed by atoms with Crippen molar-refractivity contribution < 1.29 is 9.13 Å². The first kappa shape index (κ1) is 10.6. The number of nitrogens with zero attached hydrogens (tertiary/aromatic N) is 1. The van der Waals surface area contributed by atoms with Gasteiger partial charge in [0.1, 0.15) is 10.8 Å². The number of hydrogen-bond donors (Lipinski definition) is 0. The van der Waals surface area contributed by atoms with Crippen LogP contribution in [-0.2, 0) is 0 Å². The van der Waals surface area contributed by atoms with Crippen LogP contribution in [0.5, 0.6) is 5.88 Å². The van der Waals surface area contributed by atoms with E-state index in [-0.39, 0.29) is 5.82 Å². The number of rotatable bonds is 2. The van der Waals surface area contributed by atoms with Crippen LogP contribution in [0.1, 0.15) is 0 Å². The third kappa shape index (κ3) is 2.18. The number of methoxy groups -OCH3 is 1. The molecule has 0 aliphatic rings. The van der Waals surface area contributed by atoms with E-state index in [1.54, 1.807) is 17.5 Å². The Morgan fingerprint density at radius 2 is 2.27 bits per heavy atom. The van der Waals surface area contributed by atoms with Gasteiger partial charge >= 0.3 is 0 Å². The van der Waals surface area contributed by atoms with E-state index in [1.165, 1.54) is 24.5 Å². The Morgan fingerprint density at radius 3 is 2.93 bits per heavy atom. The number of hydrogen-bond acceptors (Lipinski definition) is 3. The molecule has 0 aliphatic carbocycles. The van der Waals surface area contributed by atoms with Crippen molar-refractivity contribution in [1.29, 1.82) is 0 Å². The summed E-state index contributed by atoms with van der Waals surface area (Å²) in [5.74, 6) is 0.226. The maximum atomic E-state index is 13.5. The van der Waals surface area contributed by atoms with Crippen LogP contribution in [0, 0.1) is 5.82 Å². The van der Waals surface area contributed by atoms with E-state index in [0.717, 1.165) is 4.47 Å². The van der Waals surface area contributed by atoms with Gasteiger partial charge in [-0.2, -0.15) is 0 Å². The summed E-state index contributed by atoms with van der Waals surface area (Å²) in [6, 6.07) is 4.77. The second kappa shape index (κ2) is 4.28. The Labute approximate surface area is 98.9 Å². The molecule has 0 radical (unpaired) electrons. The highest BCUT2D eigenvalue weighted by Crippen LogP contribution is 2.30. The zero-order valence-electron chi connectivity index (χ0n) is 7.83. The van der Waals surface area contributed by atoms with Gasteiger partial charge in [0.15, 0.2) is 0 Å². The smallest absolute Gasteiger partial charge is 0.224 e. The van der Waals surface area contributed by atoms with Crippen LogP contribution in [0.2, 0.25) is 0 Å². The lowest BCUT2D eigenvalue weighted by Crippen LogP contribution is -1.85. The Bertz CT molecular complexity index is 486. The van der Waals surface area contributed by atoms with Gasteiger partial charge in [0.05, 0.1) is 12.5 Å². The molecule has 0 saturated carbocycles. The molecule has 0 aliphatic heterocycles. The molecule has 2 rings (SSSR count).